The molecule has 0 N–H and O–H groups in total. The van der Waals surface area contributed by atoms with Crippen LogP contribution in [0.15, 0.2) is 41.9 Å². The standard InChI is InChI=1S/C14H10BrNO2/c1-3-9-10(4-2)14(16(17)18)13(15)12-8-6-5-7-11(9)12/h3-8H,1-2H2. The van der Waals surface area contributed by atoms with Gasteiger partial charge in [-0.2, -0.15) is 0 Å². The molecule has 0 fully saturated rings. The highest BCUT2D eigenvalue weighted by Crippen LogP contribution is 2.40. The average Bonchev–Trinajstić information content (AvgIpc) is 2.38. The van der Waals surface area contributed by atoms with E-state index in [9.17, 15) is 10.1 Å². The molecule has 0 aliphatic heterocycles. The average molecular weight is 304 g/mol. The maximum Gasteiger partial charge on any atom is 0.291 e. The van der Waals surface area contributed by atoms with Crippen LogP contribution in [0.25, 0.3) is 22.9 Å². The number of nitro groups is 1. The van der Waals surface area contributed by atoms with Crippen LogP contribution in [-0.4, -0.2) is 4.92 Å². The fourth-order valence-electron chi connectivity index (χ4n) is 2.03. The van der Waals surface area contributed by atoms with Crippen LogP contribution in [0.2, 0.25) is 0 Å². The lowest BCUT2D eigenvalue weighted by atomic mass is 9.97. The summed E-state index contributed by atoms with van der Waals surface area (Å²) in [4.78, 5) is 10.8. The van der Waals surface area contributed by atoms with Gasteiger partial charge in [-0.25, -0.2) is 0 Å². The van der Waals surface area contributed by atoms with E-state index in [1.807, 2.05) is 24.3 Å². The lowest BCUT2D eigenvalue weighted by molar-refractivity contribution is -0.385. The van der Waals surface area contributed by atoms with Gasteiger partial charge in [0.05, 0.1) is 10.5 Å². The molecule has 0 heterocycles. The molecule has 0 aliphatic carbocycles. The van der Waals surface area contributed by atoms with Gasteiger partial charge in [0.2, 0.25) is 0 Å². The topological polar surface area (TPSA) is 43.1 Å². The van der Waals surface area contributed by atoms with Crippen molar-refractivity contribution in [1.82, 2.24) is 0 Å². The number of hydrogen-bond donors (Lipinski definition) is 0. The van der Waals surface area contributed by atoms with Crippen molar-refractivity contribution < 1.29 is 4.92 Å². The first-order valence-electron chi connectivity index (χ1n) is 5.25. The van der Waals surface area contributed by atoms with Gasteiger partial charge < -0.3 is 0 Å². The van der Waals surface area contributed by atoms with E-state index in [1.54, 1.807) is 6.08 Å². The van der Waals surface area contributed by atoms with Gasteiger partial charge in [0.25, 0.3) is 5.69 Å². The molecule has 2 aromatic rings. The van der Waals surface area contributed by atoms with Crippen molar-refractivity contribution in [2.24, 2.45) is 0 Å². The van der Waals surface area contributed by atoms with Crippen molar-refractivity contribution in [2.75, 3.05) is 0 Å². The Hall–Kier alpha value is -1.94. The molecule has 0 unspecified atom stereocenters. The fourth-order valence-corrected chi connectivity index (χ4v) is 2.74. The van der Waals surface area contributed by atoms with Gasteiger partial charge in [0.1, 0.15) is 4.47 Å². The van der Waals surface area contributed by atoms with Gasteiger partial charge in [-0.3, -0.25) is 10.1 Å². The summed E-state index contributed by atoms with van der Waals surface area (Å²) in [6.07, 6.45) is 3.12. The summed E-state index contributed by atoms with van der Waals surface area (Å²) >= 11 is 3.31. The molecule has 0 aliphatic rings. The molecule has 0 saturated carbocycles. The number of benzene rings is 2. The van der Waals surface area contributed by atoms with Crippen molar-refractivity contribution in [3.05, 3.63) is 63.1 Å². The van der Waals surface area contributed by atoms with E-state index in [1.165, 1.54) is 6.08 Å². The summed E-state index contributed by atoms with van der Waals surface area (Å²) in [6.45, 7) is 7.39. The van der Waals surface area contributed by atoms with Crippen LogP contribution in [0.1, 0.15) is 11.1 Å². The molecule has 0 aromatic heterocycles. The highest BCUT2D eigenvalue weighted by molar-refractivity contribution is 9.10. The maximum atomic E-state index is 11.2. The Kier molecular flexibility index (Phi) is 3.30. The first-order chi connectivity index (χ1) is 8.61. The molecule has 0 bridgehead atoms. The van der Waals surface area contributed by atoms with Gasteiger partial charge in [0, 0.05) is 5.39 Å². The Morgan fingerprint density at radius 1 is 1.11 bits per heavy atom. The number of halogens is 1. The monoisotopic (exact) mass is 303 g/mol. The Balaban J connectivity index is 3.09. The molecule has 0 radical (unpaired) electrons. The van der Waals surface area contributed by atoms with E-state index in [2.05, 4.69) is 29.1 Å². The van der Waals surface area contributed by atoms with Gasteiger partial charge in [-0.1, -0.05) is 49.6 Å². The third kappa shape index (κ3) is 1.75. The number of rotatable bonds is 3. The molecule has 0 spiro atoms. The third-order valence-corrected chi connectivity index (χ3v) is 3.60. The normalized spacial score (nSPS) is 10.3. The van der Waals surface area contributed by atoms with E-state index < -0.39 is 4.92 Å². The Morgan fingerprint density at radius 2 is 1.67 bits per heavy atom. The zero-order valence-corrected chi connectivity index (χ0v) is 11.1. The first kappa shape index (κ1) is 12.5. The molecule has 90 valence electrons. The van der Waals surface area contributed by atoms with Crippen LogP contribution < -0.4 is 0 Å². The van der Waals surface area contributed by atoms with Gasteiger partial charge >= 0.3 is 0 Å². The fraction of sp³-hybridized carbons (Fsp3) is 0. The quantitative estimate of drug-likeness (QED) is 0.604. The van der Waals surface area contributed by atoms with Crippen molar-refractivity contribution >= 4 is 44.5 Å². The molecule has 2 rings (SSSR count). The maximum absolute atomic E-state index is 11.2. The minimum atomic E-state index is -0.402. The Labute approximate surface area is 113 Å². The van der Waals surface area contributed by atoms with E-state index >= 15 is 0 Å². The van der Waals surface area contributed by atoms with Crippen LogP contribution >= 0.6 is 15.9 Å². The van der Waals surface area contributed by atoms with Gasteiger partial charge in [0.15, 0.2) is 0 Å². The molecule has 18 heavy (non-hydrogen) atoms. The molecule has 0 amide bonds. The van der Waals surface area contributed by atoms with Crippen LogP contribution in [0.3, 0.4) is 0 Å². The minimum Gasteiger partial charge on any atom is -0.258 e. The van der Waals surface area contributed by atoms with E-state index in [4.69, 9.17) is 0 Å². The lowest BCUT2D eigenvalue weighted by Crippen LogP contribution is -1.97. The summed E-state index contributed by atoms with van der Waals surface area (Å²) in [5, 5.41) is 12.9. The van der Waals surface area contributed by atoms with Crippen LogP contribution in [0.5, 0.6) is 0 Å². The second-order valence-corrected chi connectivity index (χ2v) is 4.49. The number of nitrogens with zero attached hydrogens (tertiary/aromatic N) is 1. The Bertz CT molecular complexity index is 677. The zero-order chi connectivity index (χ0) is 13.3. The predicted octanol–water partition coefficient (Wildman–Crippen LogP) is 4.80. The molecule has 0 atom stereocenters. The third-order valence-electron chi connectivity index (χ3n) is 2.80. The highest BCUT2D eigenvalue weighted by Gasteiger charge is 2.22. The highest BCUT2D eigenvalue weighted by atomic mass is 79.9. The smallest absolute Gasteiger partial charge is 0.258 e. The van der Waals surface area contributed by atoms with Crippen LogP contribution in [0, 0.1) is 10.1 Å². The van der Waals surface area contributed by atoms with Crippen molar-refractivity contribution in [3.63, 3.8) is 0 Å². The van der Waals surface area contributed by atoms with Crippen molar-refractivity contribution in [3.8, 4) is 0 Å². The van der Waals surface area contributed by atoms with E-state index in [-0.39, 0.29) is 5.69 Å². The van der Waals surface area contributed by atoms with Crippen molar-refractivity contribution in [2.45, 2.75) is 0 Å². The summed E-state index contributed by atoms with van der Waals surface area (Å²) in [5.41, 5.74) is 1.25. The summed E-state index contributed by atoms with van der Waals surface area (Å²) in [7, 11) is 0. The number of fused-ring (bicyclic) bond motifs is 1. The molecule has 3 nitrogen and oxygen atoms in total. The second-order valence-electron chi connectivity index (χ2n) is 3.70. The second kappa shape index (κ2) is 4.74. The molecular formula is C14H10BrNO2. The van der Waals surface area contributed by atoms with Gasteiger partial charge in [-0.05, 0) is 26.9 Å². The number of hydrogen-bond acceptors (Lipinski definition) is 2. The lowest BCUT2D eigenvalue weighted by Gasteiger charge is -2.10. The SMILES string of the molecule is C=Cc1c([N+](=O)[O-])c(Br)c2ccccc2c1C=C. The largest absolute Gasteiger partial charge is 0.291 e. The first-order valence-corrected chi connectivity index (χ1v) is 6.04. The summed E-state index contributed by atoms with van der Waals surface area (Å²) in [6, 6.07) is 7.48. The molecule has 4 heteroatoms. The minimum absolute atomic E-state index is 0.0265. The number of nitro benzene ring substituents is 1. The van der Waals surface area contributed by atoms with E-state index in [0.717, 1.165) is 16.3 Å². The summed E-state index contributed by atoms with van der Waals surface area (Å²) in [5.74, 6) is 0. The van der Waals surface area contributed by atoms with E-state index in [0.29, 0.717) is 10.0 Å². The van der Waals surface area contributed by atoms with Crippen LogP contribution in [-0.2, 0) is 0 Å². The van der Waals surface area contributed by atoms with Gasteiger partial charge in [-0.15, -0.1) is 0 Å². The molecular weight excluding hydrogens is 294 g/mol. The van der Waals surface area contributed by atoms with Crippen molar-refractivity contribution in [1.29, 1.82) is 0 Å². The predicted molar refractivity (Wildman–Crippen MR) is 78.5 cm³/mol. The van der Waals surface area contributed by atoms with Crippen LogP contribution in [0.4, 0.5) is 5.69 Å². The molecule has 2 aromatic carbocycles. The zero-order valence-electron chi connectivity index (χ0n) is 9.52. The molecule has 0 saturated heterocycles. The Morgan fingerprint density at radius 3 is 2.17 bits per heavy atom. The summed E-state index contributed by atoms with van der Waals surface area (Å²) < 4.78 is 0.476.